The molecule has 2 aromatic rings. The van der Waals surface area contributed by atoms with Gasteiger partial charge in [0.1, 0.15) is 5.75 Å². The minimum Gasteiger partial charge on any atom is -0.493 e. The van der Waals surface area contributed by atoms with Crippen LogP contribution >= 0.6 is 0 Å². The minimum atomic E-state index is -0.483. The molecular formula is C25H30N2O3. The summed E-state index contributed by atoms with van der Waals surface area (Å²) in [5, 5.41) is 14.2. The van der Waals surface area contributed by atoms with Crippen molar-refractivity contribution in [2.75, 3.05) is 6.61 Å². The third kappa shape index (κ3) is 4.08. The Balaban J connectivity index is 1.21. The van der Waals surface area contributed by atoms with Crippen molar-refractivity contribution < 1.29 is 14.6 Å². The first-order valence-corrected chi connectivity index (χ1v) is 11.2. The fourth-order valence-electron chi connectivity index (χ4n) is 6.10. The van der Waals surface area contributed by atoms with Crippen molar-refractivity contribution in [2.24, 2.45) is 17.8 Å². The Hall–Kier alpha value is -2.40. The monoisotopic (exact) mass is 406 g/mol. The molecule has 3 aliphatic rings. The van der Waals surface area contributed by atoms with Crippen LogP contribution in [-0.2, 0) is 6.42 Å². The van der Waals surface area contributed by atoms with E-state index in [0.717, 1.165) is 44.2 Å². The maximum absolute atomic E-state index is 13.0. The number of carbonyl (C=O) groups is 1. The summed E-state index contributed by atoms with van der Waals surface area (Å²) in [5.74, 6) is 2.25. The van der Waals surface area contributed by atoms with E-state index in [2.05, 4.69) is 10.3 Å². The lowest BCUT2D eigenvalue weighted by molar-refractivity contribution is -0.00594. The maximum Gasteiger partial charge on any atom is 0.251 e. The molecule has 1 heterocycles. The standard InChI is InChI=1S/C25H30N2O3/c28-24(27-23-8-7-17-12-19-15-25(29,14-17)16-22(19)23)18-4-3-6-21(13-18)30-11-9-20-5-1-2-10-26-20/h1-6,10,13,17,19,22-23,29H,7-9,11-12,14-16H2,(H,27,28). The van der Waals surface area contributed by atoms with Crippen LogP contribution in [0.2, 0.25) is 0 Å². The number of hydrogen-bond donors (Lipinski definition) is 2. The third-order valence-corrected chi connectivity index (χ3v) is 7.34. The van der Waals surface area contributed by atoms with Gasteiger partial charge in [-0.3, -0.25) is 9.78 Å². The van der Waals surface area contributed by atoms with E-state index >= 15 is 0 Å². The molecule has 5 heteroatoms. The molecule has 2 N–H and O–H groups in total. The van der Waals surface area contributed by atoms with Crippen molar-refractivity contribution >= 4 is 5.91 Å². The van der Waals surface area contributed by atoms with Crippen LogP contribution in [0.3, 0.4) is 0 Å². The first kappa shape index (κ1) is 19.6. The molecule has 30 heavy (non-hydrogen) atoms. The van der Waals surface area contributed by atoms with E-state index in [9.17, 15) is 9.90 Å². The molecule has 5 nitrogen and oxygen atoms in total. The summed E-state index contributed by atoms with van der Waals surface area (Å²) >= 11 is 0. The number of hydrogen-bond acceptors (Lipinski definition) is 4. The van der Waals surface area contributed by atoms with Gasteiger partial charge in [-0.25, -0.2) is 0 Å². The van der Waals surface area contributed by atoms with Gasteiger partial charge >= 0.3 is 0 Å². The highest BCUT2D eigenvalue weighted by Crippen LogP contribution is 2.55. The highest BCUT2D eigenvalue weighted by atomic mass is 16.5. The molecule has 3 saturated carbocycles. The zero-order valence-electron chi connectivity index (χ0n) is 17.3. The minimum absolute atomic E-state index is 0.0385. The Labute approximate surface area is 177 Å². The zero-order valence-corrected chi connectivity index (χ0v) is 17.3. The van der Waals surface area contributed by atoms with Crippen molar-refractivity contribution in [1.29, 1.82) is 0 Å². The van der Waals surface area contributed by atoms with Gasteiger partial charge in [-0.15, -0.1) is 0 Å². The molecular weight excluding hydrogens is 376 g/mol. The molecule has 1 aromatic heterocycles. The van der Waals surface area contributed by atoms with Crippen LogP contribution < -0.4 is 10.1 Å². The van der Waals surface area contributed by atoms with Crippen LogP contribution in [0.15, 0.2) is 48.7 Å². The fourth-order valence-corrected chi connectivity index (χ4v) is 6.10. The van der Waals surface area contributed by atoms with Gasteiger partial charge < -0.3 is 15.2 Å². The molecule has 0 radical (unpaired) electrons. The second kappa shape index (κ2) is 8.03. The SMILES string of the molecule is O=C(NC1CCC2CC3CC(O)(C2)CC31)c1cccc(OCCc2ccccn2)c1. The van der Waals surface area contributed by atoms with Crippen molar-refractivity contribution in [3.05, 3.63) is 59.9 Å². The van der Waals surface area contributed by atoms with Gasteiger partial charge in [0.2, 0.25) is 0 Å². The summed E-state index contributed by atoms with van der Waals surface area (Å²) in [5.41, 5.74) is 1.14. The number of aromatic nitrogens is 1. The van der Waals surface area contributed by atoms with Crippen molar-refractivity contribution in [1.82, 2.24) is 10.3 Å². The molecule has 0 aliphatic heterocycles. The molecule has 3 aliphatic carbocycles. The molecule has 3 bridgehead atoms. The number of nitrogens with one attached hydrogen (secondary N) is 1. The Morgan fingerprint density at radius 3 is 2.97 bits per heavy atom. The van der Waals surface area contributed by atoms with Gasteiger partial charge in [0.05, 0.1) is 12.2 Å². The molecule has 158 valence electrons. The van der Waals surface area contributed by atoms with E-state index in [1.54, 1.807) is 6.20 Å². The van der Waals surface area contributed by atoms with Gasteiger partial charge in [-0.1, -0.05) is 12.1 Å². The molecule has 0 spiro atoms. The van der Waals surface area contributed by atoms with Crippen LogP contribution in [0.1, 0.15) is 54.6 Å². The molecule has 3 fully saturated rings. The first-order valence-electron chi connectivity index (χ1n) is 11.2. The average Bonchev–Trinajstić information content (AvgIpc) is 2.93. The van der Waals surface area contributed by atoms with Gasteiger partial charge in [0.15, 0.2) is 0 Å². The van der Waals surface area contributed by atoms with E-state index in [1.807, 2.05) is 42.5 Å². The number of pyridine rings is 1. The summed E-state index contributed by atoms with van der Waals surface area (Å²) in [7, 11) is 0. The Morgan fingerprint density at radius 2 is 2.10 bits per heavy atom. The smallest absolute Gasteiger partial charge is 0.251 e. The Morgan fingerprint density at radius 1 is 1.17 bits per heavy atom. The number of ether oxygens (including phenoxy) is 1. The van der Waals surface area contributed by atoms with E-state index in [-0.39, 0.29) is 11.9 Å². The third-order valence-electron chi connectivity index (χ3n) is 7.34. The fraction of sp³-hybridized carbons (Fsp3) is 0.520. The summed E-state index contributed by atoms with van der Waals surface area (Å²) in [4.78, 5) is 17.3. The van der Waals surface area contributed by atoms with E-state index < -0.39 is 5.60 Å². The van der Waals surface area contributed by atoms with Crippen LogP contribution in [0, 0.1) is 17.8 Å². The van der Waals surface area contributed by atoms with Crippen LogP contribution in [0.25, 0.3) is 0 Å². The zero-order chi connectivity index (χ0) is 20.6. The second-order valence-corrected chi connectivity index (χ2v) is 9.47. The van der Waals surface area contributed by atoms with Crippen LogP contribution in [0.5, 0.6) is 5.75 Å². The lowest BCUT2D eigenvalue weighted by Crippen LogP contribution is -2.41. The Kier molecular flexibility index (Phi) is 5.23. The number of carbonyl (C=O) groups excluding carboxylic acids is 1. The molecule has 5 atom stereocenters. The van der Waals surface area contributed by atoms with Crippen LogP contribution in [0.4, 0.5) is 0 Å². The number of rotatable bonds is 6. The van der Waals surface area contributed by atoms with E-state index in [4.69, 9.17) is 4.74 Å². The van der Waals surface area contributed by atoms with Crippen molar-refractivity contribution in [3.8, 4) is 5.75 Å². The van der Waals surface area contributed by atoms with E-state index in [0.29, 0.717) is 35.7 Å². The maximum atomic E-state index is 13.0. The van der Waals surface area contributed by atoms with Crippen molar-refractivity contribution in [2.45, 2.75) is 56.6 Å². The van der Waals surface area contributed by atoms with Gasteiger partial charge in [-0.05, 0) is 86.6 Å². The number of amides is 1. The number of nitrogens with zero attached hydrogens (tertiary/aromatic N) is 1. The summed E-state index contributed by atoms with van der Waals surface area (Å²) in [6.45, 7) is 0.522. The molecule has 1 amide bonds. The van der Waals surface area contributed by atoms with Crippen molar-refractivity contribution in [3.63, 3.8) is 0 Å². The van der Waals surface area contributed by atoms with E-state index in [1.165, 1.54) is 6.42 Å². The Bertz CT molecular complexity index is 902. The molecule has 5 rings (SSSR count). The first-order chi connectivity index (χ1) is 14.6. The predicted octanol–water partition coefficient (Wildman–Crippen LogP) is 3.76. The number of benzene rings is 1. The highest BCUT2D eigenvalue weighted by Gasteiger charge is 2.53. The van der Waals surface area contributed by atoms with Gasteiger partial charge in [-0.2, -0.15) is 0 Å². The molecule has 1 aromatic carbocycles. The topological polar surface area (TPSA) is 71.5 Å². The van der Waals surface area contributed by atoms with Gasteiger partial charge in [0.25, 0.3) is 5.91 Å². The largest absolute Gasteiger partial charge is 0.493 e. The lowest BCUT2D eigenvalue weighted by Gasteiger charge is -2.33. The molecule has 5 unspecified atom stereocenters. The number of fused-ring (bicyclic) bond motifs is 2. The summed E-state index contributed by atoms with van der Waals surface area (Å²) in [6.07, 6.45) is 8.58. The highest BCUT2D eigenvalue weighted by molar-refractivity contribution is 5.94. The average molecular weight is 407 g/mol. The summed E-state index contributed by atoms with van der Waals surface area (Å²) in [6, 6.07) is 13.4. The molecule has 0 saturated heterocycles. The quantitative estimate of drug-likeness (QED) is 0.766. The summed E-state index contributed by atoms with van der Waals surface area (Å²) < 4.78 is 5.86. The predicted molar refractivity (Wildman–Crippen MR) is 114 cm³/mol. The second-order valence-electron chi connectivity index (χ2n) is 9.47. The lowest BCUT2D eigenvalue weighted by atomic mass is 9.77. The van der Waals surface area contributed by atoms with Crippen LogP contribution in [-0.4, -0.2) is 34.2 Å². The number of aliphatic hydroxyl groups is 1. The normalized spacial score (nSPS) is 31.9. The van der Waals surface area contributed by atoms with Gasteiger partial charge in [0, 0.05) is 29.9 Å².